The highest BCUT2D eigenvalue weighted by molar-refractivity contribution is 7.12. The van der Waals surface area contributed by atoms with Gasteiger partial charge in [-0.15, -0.1) is 11.3 Å². The molecule has 0 atom stereocenters. The zero-order valence-corrected chi connectivity index (χ0v) is 12.3. The number of aliphatic imine (C=N–C) groups is 1. The summed E-state index contributed by atoms with van der Waals surface area (Å²) in [5, 5.41) is 11.1. The Kier molecular flexibility index (Phi) is 7.65. The van der Waals surface area contributed by atoms with E-state index in [1.807, 2.05) is 31.4 Å². The zero-order chi connectivity index (χ0) is 13.9. The number of hydrogen-bond donors (Lipinski definition) is 3. The number of amides is 1. The molecule has 0 aliphatic rings. The van der Waals surface area contributed by atoms with Crippen molar-refractivity contribution in [1.82, 2.24) is 16.0 Å². The van der Waals surface area contributed by atoms with Gasteiger partial charge >= 0.3 is 0 Å². The molecule has 0 unspecified atom stereocenters. The smallest absolute Gasteiger partial charge is 0.261 e. The number of carbonyl (C=O) groups is 1. The molecule has 0 aliphatic heterocycles. The molecular formula is C13H22N4OS. The molecule has 1 heterocycles. The van der Waals surface area contributed by atoms with Crippen LogP contribution in [0.1, 0.15) is 29.9 Å². The summed E-state index contributed by atoms with van der Waals surface area (Å²) in [6.07, 6.45) is 0.831. The van der Waals surface area contributed by atoms with Crippen LogP contribution in [0.5, 0.6) is 0 Å². The molecule has 19 heavy (non-hydrogen) atoms. The Hall–Kier alpha value is -1.56. The Balaban J connectivity index is 2.19. The normalized spacial score (nSPS) is 9.79. The van der Waals surface area contributed by atoms with Gasteiger partial charge in [0.05, 0.1) is 4.88 Å². The molecule has 6 heteroatoms. The molecule has 1 amide bonds. The van der Waals surface area contributed by atoms with Crippen molar-refractivity contribution in [3.63, 3.8) is 0 Å². The predicted molar refractivity (Wildman–Crippen MR) is 80.9 cm³/mol. The first-order valence-corrected chi connectivity index (χ1v) is 7.49. The van der Waals surface area contributed by atoms with Crippen LogP contribution >= 0.6 is 11.3 Å². The molecule has 0 aromatic carbocycles. The molecule has 5 nitrogen and oxygen atoms in total. The second-order valence-corrected chi connectivity index (χ2v) is 4.83. The van der Waals surface area contributed by atoms with E-state index in [9.17, 15) is 4.79 Å². The van der Waals surface area contributed by atoms with Gasteiger partial charge in [-0.25, -0.2) is 0 Å². The van der Waals surface area contributed by atoms with Crippen LogP contribution in [0.3, 0.4) is 0 Å². The van der Waals surface area contributed by atoms with Gasteiger partial charge in [0.2, 0.25) is 0 Å². The van der Waals surface area contributed by atoms with E-state index in [1.165, 1.54) is 11.3 Å². The maximum absolute atomic E-state index is 11.6. The molecular weight excluding hydrogens is 260 g/mol. The van der Waals surface area contributed by atoms with Crippen LogP contribution in [0.4, 0.5) is 0 Å². The molecule has 3 N–H and O–H groups in total. The van der Waals surface area contributed by atoms with Gasteiger partial charge in [0.15, 0.2) is 5.96 Å². The van der Waals surface area contributed by atoms with Gasteiger partial charge in [0.1, 0.15) is 0 Å². The summed E-state index contributed by atoms with van der Waals surface area (Å²) in [5.41, 5.74) is 0. The topological polar surface area (TPSA) is 65.5 Å². The Morgan fingerprint density at radius 3 is 2.58 bits per heavy atom. The minimum absolute atomic E-state index is 0.00225. The molecule has 0 radical (unpaired) electrons. The van der Waals surface area contributed by atoms with Crippen LogP contribution in [0.15, 0.2) is 22.5 Å². The highest BCUT2D eigenvalue weighted by atomic mass is 32.1. The number of nitrogens with one attached hydrogen (secondary N) is 3. The highest BCUT2D eigenvalue weighted by Crippen LogP contribution is 2.07. The number of nitrogens with zero attached hydrogens (tertiary/aromatic N) is 1. The van der Waals surface area contributed by atoms with Crippen LogP contribution in [-0.4, -0.2) is 38.0 Å². The number of guanidine groups is 1. The lowest BCUT2D eigenvalue weighted by molar-refractivity contribution is 0.0957. The van der Waals surface area contributed by atoms with Crippen molar-refractivity contribution in [3.05, 3.63) is 22.4 Å². The molecule has 1 rings (SSSR count). The number of hydrogen-bond acceptors (Lipinski definition) is 3. The van der Waals surface area contributed by atoms with Crippen LogP contribution in [0.2, 0.25) is 0 Å². The third-order valence-corrected chi connectivity index (χ3v) is 3.19. The minimum Gasteiger partial charge on any atom is -0.357 e. The van der Waals surface area contributed by atoms with E-state index in [4.69, 9.17) is 0 Å². The van der Waals surface area contributed by atoms with E-state index in [-0.39, 0.29) is 5.91 Å². The first-order valence-electron chi connectivity index (χ1n) is 6.61. The number of rotatable bonds is 7. The summed E-state index contributed by atoms with van der Waals surface area (Å²) < 4.78 is 0. The van der Waals surface area contributed by atoms with Gasteiger partial charge in [0, 0.05) is 26.2 Å². The average molecular weight is 282 g/mol. The van der Waals surface area contributed by atoms with Gasteiger partial charge in [-0.1, -0.05) is 6.07 Å². The first kappa shape index (κ1) is 15.5. The minimum atomic E-state index is -0.00225. The lowest BCUT2D eigenvalue weighted by Gasteiger charge is -2.09. The van der Waals surface area contributed by atoms with E-state index in [2.05, 4.69) is 20.9 Å². The number of thiophene rings is 1. The Morgan fingerprint density at radius 1 is 1.26 bits per heavy atom. The van der Waals surface area contributed by atoms with E-state index < -0.39 is 0 Å². The molecule has 0 aliphatic carbocycles. The summed E-state index contributed by atoms with van der Waals surface area (Å²) in [7, 11) is 0. The van der Waals surface area contributed by atoms with Gasteiger partial charge in [-0.05, 0) is 31.7 Å². The second kappa shape index (κ2) is 9.38. The van der Waals surface area contributed by atoms with Crippen molar-refractivity contribution in [2.45, 2.75) is 20.3 Å². The fourth-order valence-corrected chi connectivity index (χ4v) is 2.12. The third kappa shape index (κ3) is 6.24. The van der Waals surface area contributed by atoms with Crippen LogP contribution in [0, 0.1) is 0 Å². The quantitative estimate of drug-likeness (QED) is 0.403. The van der Waals surface area contributed by atoms with E-state index in [0.29, 0.717) is 13.1 Å². The Bertz CT molecular complexity index is 381. The molecule has 1 aromatic heterocycles. The SMILES string of the molecule is CCNC(=NCCCNC(=O)c1cccs1)NCC. The lowest BCUT2D eigenvalue weighted by atomic mass is 10.4. The molecule has 0 fully saturated rings. The van der Waals surface area contributed by atoms with Crippen molar-refractivity contribution in [2.75, 3.05) is 26.2 Å². The molecule has 0 spiro atoms. The molecule has 0 bridgehead atoms. The van der Waals surface area contributed by atoms with Gasteiger partial charge in [-0.3, -0.25) is 9.79 Å². The van der Waals surface area contributed by atoms with Gasteiger partial charge < -0.3 is 16.0 Å². The molecule has 1 aromatic rings. The van der Waals surface area contributed by atoms with Crippen molar-refractivity contribution < 1.29 is 4.79 Å². The lowest BCUT2D eigenvalue weighted by Crippen LogP contribution is -2.37. The molecule has 106 valence electrons. The maximum atomic E-state index is 11.6. The third-order valence-electron chi connectivity index (χ3n) is 2.32. The summed E-state index contributed by atoms with van der Waals surface area (Å²) in [4.78, 5) is 16.8. The van der Waals surface area contributed by atoms with Gasteiger partial charge in [-0.2, -0.15) is 0 Å². The fraction of sp³-hybridized carbons (Fsp3) is 0.538. The van der Waals surface area contributed by atoms with Crippen molar-refractivity contribution in [3.8, 4) is 0 Å². The summed E-state index contributed by atoms with van der Waals surface area (Å²) in [5.74, 6) is 0.826. The highest BCUT2D eigenvalue weighted by Gasteiger charge is 2.04. The van der Waals surface area contributed by atoms with Crippen LogP contribution in [0.25, 0.3) is 0 Å². The number of carbonyl (C=O) groups excluding carboxylic acids is 1. The van der Waals surface area contributed by atoms with E-state index in [1.54, 1.807) is 0 Å². The van der Waals surface area contributed by atoms with Gasteiger partial charge in [0.25, 0.3) is 5.91 Å². The Morgan fingerprint density at radius 2 is 2.00 bits per heavy atom. The standard InChI is InChI=1S/C13H22N4OS/c1-3-14-13(15-4-2)17-9-6-8-16-12(18)11-7-5-10-19-11/h5,7,10H,3-4,6,8-9H2,1-2H3,(H,16,18)(H2,14,15,17). The zero-order valence-electron chi connectivity index (χ0n) is 11.5. The average Bonchev–Trinajstić information content (AvgIpc) is 2.92. The van der Waals surface area contributed by atoms with Crippen molar-refractivity contribution >= 4 is 23.2 Å². The summed E-state index contributed by atoms with van der Waals surface area (Å²) in [6, 6.07) is 3.70. The van der Waals surface area contributed by atoms with E-state index in [0.717, 1.165) is 30.3 Å². The molecule has 0 saturated heterocycles. The summed E-state index contributed by atoms with van der Waals surface area (Å²) >= 11 is 1.45. The van der Waals surface area contributed by atoms with Crippen LogP contribution < -0.4 is 16.0 Å². The Labute approximate surface area is 118 Å². The van der Waals surface area contributed by atoms with Crippen LogP contribution in [-0.2, 0) is 0 Å². The largest absolute Gasteiger partial charge is 0.357 e. The van der Waals surface area contributed by atoms with Crippen molar-refractivity contribution in [1.29, 1.82) is 0 Å². The first-order chi connectivity index (χ1) is 9.27. The fourth-order valence-electron chi connectivity index (χ4n) is 1.48. The predicted octanol–water partition coefficient (Wildman–Crippen LogP) is 1.44. The second-order valence-electron chi connectivity index (χ2n) is 3.88. The van der Waals surface area contributed by atoms with Crippen molar-refractivity contribution in [2.24, 2.45) is 4.99 Å². The monoisotopic (exact) mass is 282 g/mol. The van der Waals surface area contributed by atoms with E-state index >= 15 is 0 Å². The molecule has 0 saturated carbocycles. The maximum Gasteiger partial charge on any atom is 0.261 e. The summed E-state index contributed by atoms with van der Waals surface area (Å²) in [6.45, 7) is 7.11.